The zero-order valence-electron chi connectivity index (χ0n) is 12.1. The van der Waals surface area contributed by atoms with Crippen LogP contribution in [0.25, 0.3) is 11.6 Å². The smallest absolute Gasteiger partial charge is 0.339 e. The van der Waals surface area contributed by atoms with Crippen LogP contribution in [0.15, 0.2) is 63.8 Å². The fraction of sp³-hybridized carbons (Fsp3) is 0.0556. The maximum Gasteiger partial charge on any atom is 0.339 e. The number of benzene rings is 1. The molecule has 3 aromatic rings. The molecule has 116 valence electrons. The molecule has 3 rings (SSSR count). The summed E-state index contributed by atoms with van der Waals surface area (Å²) in [6, 6.07) is 15.6. The van der Waals surface area contributed by atoms with Gasteiger partial charge in [0.15, 0.2) is 0 Å². The van der Waals surface area contributed by atoms with Crippen LogP contribution in [-0.4, -0.2) is 5.97 Å². The van der Waals surface area contributed by atoms with Crippen LogP contribution in [0.4, 0.5) is 0 Å². The summed E-state index contributed by atoms with van der Waals surface area (Å²) in [6.45, 7) is 0.263. The highest BCUT2D eigenvalue weighted by atomic mass is 79.9. The molecule has 0 saturated heterocycles. The molecular weight excluding hydrogens is 392 g/mol. The van der Waals surface area contributed by atoms with Crippen LogP contribution in [0.5, 0.6) is 0 Å². The Morgan fingerprint density at radius 1 is 1.04 bits per heavy atom. The van der Waals surface area contributed by atoms with Gasteiger partial charge in [-0.2, -0.15) is 0 Å². The Kier molecular flexibility index (Phi) is 5.43. The second-order valence-corrected chi connectivity index (χ2v) is 7.60. The molecule has 5 heteroatoms. The van der Waals surface area contributed by atoms with Crippen LogP contribution in [0.3, 0.4) is 0 Å². The molecular formula is C18H13BrO2S2. The third-order valence-electron chi connectivity index (χ3n) is 3.12. The van der Waals surface area contributed by atoms with Crippen molar-refractivity contribution in [3.05, 3.63) is 79.1 Å². The molecule has 0 amide bonds. The van der Waals surface area contributed by atoms with Crippen molar-refractivity contribution < 1.29 is 9.53 Å². The highest BCUT2D eigenvalue weighted by Crippen LogP contribution is 2.26. The van der Waals surface area contributed by atoms with E-state index in [1.807, 2.05) is 65.4 Å². The van der Waals surface area contributed by atoms with E-state index in [0.29, 0.717) is 5.57 Å². The minimum Gasteiger partial charge on any atom is -0.457 e. The van der Waals surface area contributed by atoms with Crippen molar-refractivity contribution in [3.8, 4) is 0 Å². The van der Waals surface area contributed by atoms with Crippen LogP contribution in [-0.2, 0) is 16.1 Å². The molecule has 0 radical (unpaired) electrons. The molecule has 0 saturated carbocycles. The third-order valence-corrected chi connectivity index (χ3v) is 5.37. The quantitative estimate of drug-likeness (QED) is 0.393. The van der Waals surface area contributed by atoms with E-state index >= 15 is 0 Å². The topological polar surface area (TPSA) is 26.3 Å². The van der Waals surface area contributed by atoms with Crippen molar-refractivity contribution in [3.63, 3.8) is 0 Å². The highest BCUT2D eigenvalue weighted by molar-refractivity contribution is 9.10. The van der Waals surface area contributed by atoms with Crippen molar-refractivity contribution >= 4 is 56.2 Å². The first-order chi connectivity index (χ1) is 11.2. The lowest BCUT2D eigenvalue weighted by Gasteiger charge is -2.07. The molecule has 0 aliphatic heterocycles. The molecule has 1 aromatic carbocycles. The second kappa shape index (κ2) is 7.73. The molecule has 0 unspecified atom stereocenters. The van der Waals surface area contributed by atoms with E-state index in [1.165, 1.54) is 11.3 Å². The Hall–Kier alpha value is -1.69. The van der Waals surface area contributed by atoms with Gasteiger partial charge in [-0.15, -0.1) is 22.7 Å². The van der Waals surface area contributed by atoms with E-state index in [1.54, 1.807) is 11.3 Å². The van der Waals surface area contributed by atoms with Crippen molar-refractivity contribution in [2.75, 3.05) is 0 Å². The van der Waals surface area contributed by atoms with Gasteiger partial charge in [0.25, 0.3) is 0 Å². The molecule has 23 heavy (non-hydrogen) atoms. The van der Waals surface area contributed by atoms with Gasteiger partial charge < -0.3 is 4.74 Å². The first kappa shape index (κ1) is 16.2. The second-order valence-electron chi connectivity index (χ2n) is 4.75. The molecule has 0 bridgehead atoms. The summed E-state index contributed by atoms with van der Waals surface area (Å²) in [4.78, 5) is 14.5. The van der Waals surface area contributed by atoms with Gasteiger partial charge in [0.2, 0.25) is 0 Å². The van der Waals surface area contributed by atoms with Gasteiger partial charge in [0.1, 0.15) is 6.61 Å². The zero-order valence-corrected chi connectivity index (χ0v) is 15.3. The number of halogens is 1. The summed E-state index contributed by atoms with van der Waals surface area (Å²) in [5, 5.41) is 3.95. The molecule has 0 aliphatic carbocycles. The van der Waals surface area contributed by atoms with Crippen molar-refractivity contribution in [2.45, 2.75) is 6.61 Å². The van der Waals surface area contributed by atoms with Gasteiger partial charge in [0.05, 0.1) is 5.57 Å². The molecule has 2 aromatic heterocycles. The monoisotopic (exact) mass is 404 g/mol. The predicted molar refractivity (Wildman–Crippen MR) is 100 cm³/mol. The summed E-state index contributed by atoms with van der Waals surface area (Å²) in [5.41, 5.74) is 1.56. The van der Waals surface area contributed by atoms with E-state index in [0.717, 1.165) is 19.8 Å². The summed E-state index contributed by atoms with van der Waals surface area (Å²) in [6.07, 6.45) is 1.89. The fourth-order valence-corrected chi connectivity index (χ4v) is 3.64. The van der Waals surface area contributed by atoms with Crippen LogP contribution >= 0.6 is 38.6 Å². The van der Waals surface area contributed by atoms with Gasteiger partial charge in [0, 0.05) is 14.2 Å². The summed E-state index contributed by atoms with van der Waals surface area (Å²) >= 11 is 6.53. The van der Waals surface area contributed by atoms with Crippen LogP contribution in [0.2, 0.25) is 0 Å². The Morgan fingerprint density at radius 2 is 1.78 bits per heavy atom. The first-order valence-corrected chi connectivity index (χ1v) is 9.48. The summed E-state index contributed by atoms with van der Waals surface area (Å²) < 4.78 is 6.50. The molecule has 2 nitrogen and oxygen atoms in total. The van der Waals surface area contributed by atoms with E-state index < -0.39 is 0 Å². The number of hydrogen-bond donors (Lipinski definition) is 0. The number of rotatable bonds is 5. The van der Waals surface area contributed by atoms with Crippen molar-refractivity contribution in [1.82, 2.24) is 0 Å². The van der Waals surface area contributed by atoms with E-state index in [4.69, 9.17) is 4.74 Å². The van der Waals surface area contributed by atoms with E-state index in [-0.39, 0.29) is 12.6 Å². The Balaban J connectivity index is 1.77. The Morgan fingerprint density at radius 3 is 2.43 bits per heavy atom. The lowest BCUT2D eigenvalue weighted by Crippen LogP contribution is -2.06. The lowest BCUT2D eigenvalue weighted by molar-refractivity contribution is -0.137. The third kappa shape index (κ3) is 4.41. The average molecular weight is 405 g/mol. The number of esters is 1. The van der Waals surface area contributed by atoms with Crippen LogP contribution in [0.1, 0.15) is 15.3 Å². The molecule has 0 aliphatic rings. The minimum atomic E-state index is -0.302. The minimum absolute atomic E-state index is 0.263. The maximum absolute atomic E-state index is 12.5. The van der Waals surface area contributed by atoms with E-state index in [9.17, 15) is 4.79 Å². The summed E-state index contributed by atoms with van der Waals surface area (Å²) in [5.74, 6) is -0.302. The highest BCUT2D eigenvalue weighted by Gasteiger charge is 2.15. The number of carbonyl (C=O) groups excluding carboxylic acids is 1. The number of hydrogen-bond acceptors (Lipinski definition) is 4. The largest absolute Gasteiger partial charge is 0.457 e. The van der Waals surface area contributed by atoms with E-state index in [2.05, 4.69) is 15.9 Å². The van der Waals surface area contributed by atoms with Gasteiger partial charge in [-0.1, -0.05) is 40.2 Å². The molecule has 0 atom stereocenters. The van der Waals surface area contributed by atoms with Gasteiger partial charge in [-0.05, 0) is 46.7 Å². The maximum atomic E-state index is 12.5. The number of carbonyl (C=O) groups is 1. The Labute approximate surface area is 151 Å². The van der Waals surface area contributed by atoms with Gasteiger partial charge >= 0.3 is 5.97 Å². The lowest BCUT2D eigenvalue weighted by atomic mass is 10.2. The fourth-order valence-electron chi connectivity index (χ4n) is 1.99. The zero-order chi connectivity index (χ0) is 16.1. The predicted octanol–water partition coefficient (Wildman–Crippen LogP) is 5.86. The SMILES string of the molecule is O=C(OCc1ccc(Br)cc1)C(=Cc1cccs1)c1cccs1. The number of thiophene rings is 2. The standard InChI is InChI=1S/C18H13BrO2S2/c19-14-7-5-13(6-8-14)12-21-18(20)16(17-4-2-10-23-17)11-15-3-1-9-22-15/h1-11H,12H2. The molecule has 0 N–H and O–H groups in total. The van der Waals surface area contributed by atoms with Crippen molar-refractivity contribution in [1.29, 1.82) is 0 Å². The molecule has 0 spiro atoms. The molecule has 2 heterocycles. The Bertz CT molecular complexity index is 788. The van der Waals surface area contributed by atoms with Crippen molar-refractivity contribution in [2.24, 2.45) is 0 Å². The average Bonchev–Trinajstić information content (AvgIpc) is 3.25. The first-order valence-electron chi connectivity index (χ1n) is 6.93. The number of ether oxygens (including phenoxy) is 1. The van der Waals surface area contributed by atoms with Gasteiger partial charge in [-0.3, -0.25) is 0 Å². The molecule has 0 fully saturated rings. The van der Waals surface area contributed by atoms with Gasteiger partial charge in [-0.25, -0.2) is 4.79 Å². The normalized spacial score (nSPS) is 11.4. The van der Waals surface area contributed by atoms with Crippen LogP contribution in [0, 0.1) is 0 Å². The van der Waals surface area contributed by atoms with Crippen LogP contribution < -0.4 is 0 Å². The summed E-state index contributed by atoms with van der Waals surface area (Å²) in [7, 11) is 0.